The third-order valence-corrected chi connectivity index (χ3v) is 6.62. The summed E-state index contributed by atoms with van der Waals surface area (Å²) in [5.41, 5.74) is 1.39. The molecule has 31 heavy (non-hydrogen) atoms. The molecule has 0 atom stereocenters. The number of benzene rings is 2. The Kier molecular flexibility index (Phi) is 6.89. The van der Waals surface area contributed by atoms with E-state index in [1.807, 2.05) is 24.3 Å². The lowest BCUT2D eigenvalue weighted by Gasteiger charge is -2.38. The Balaban J connectivity index is 1.40. The molecule has 1 aliphatic rings. The van der Waals surface area contributed by atoms with Crippen LogP contribution in [0.4, 0.5) is 4.39 Å². The van der Waals surface area contributed by atoms with Gasteiger partial charge in [0.25, 0.3) is 0 Å². The van der Waals surface area contributed by atoms with E-state index < -0.39 is 0 Å². The molecule has 0 spiro atoms. The predicted octanol–water partition coefficient (Wildman–Crippen LogP) is 4.02. The number of nitrogens with one attached hydrogen (secondary N) is 1. The van der Waals surface area contributed by atoms with Gasteiger partial charge in [0.15, 0.2) is 5.16 Å². The van der Waals surface area contributed by atoms with Crippen molar-refractivity contribution in [3.05, 3.63) is 71.3 Å². The third-order valence-electron chi connectivity index (χ3n) is 5.45. The Morgan fingerprint density at radius 3 is 2.81 bits per heavy atom. The van der Waals surface area contributed by atoms with Gasteiger partial charge in [-0.2, -0.15) is 0 Å². The van der Waals surface area contributed by atoms with Crippen molar-refractivity contribution in [2.75, 3.05) is 25.5 Å². The van der Waals surface area contributed by atoms with Crippen LogP contribution in [0.25, 0.3) is 5.69 Å². The lowest BCUT2D eigenvalue weighted by atomic mass is 9.74. The smallest absolute Gasteiger partial charge is 0.230 e. The minimum Gasteiger partial charge on any atom is -0.381 e. The van der Waals surface area contributed by atoms with Crippen LogP contribution in [0.1, 0.15) is 18.4 Å². The second kappa shape index (κ2) is 9.80. The lowest BCUT2D eigenvalue weighted by molar-refractivity contribution is -0.119. The monoisotopic (exact) mass is 460 g/mol. The maximum absolute atomic E-state index is 13.8. The quantitative estimate of drug-likeness (QED) is 0.539. The molecule has 1 aromatic heterocycles. The van der Waals surface area contributed by atoms with Crippen LogP contribution in [-0.2, 0) is 14.9 Å². The van der Waals surface area contributed by atoms with Gasteiger partial charge in [0.2, 0.25) is 5.91 Å². The summed E-state index contributed by atoms with van der Waals surface area (Å²) in [4.78, 5) is 12.6. The second-order valence-electron chi connectivity index (χ2n) is 7.43. The van der Waals surface area contributed by atoms with Gasteiger partial charge in [-0.1, -0.05) is 41.6 Å². The summed E-state index contributed by atoms with van der Waals surface area (Å²) in [6, 6.07) is 14.0. The van der Waals surface area contributed by atoms with Crippen LogP contribution in [0, 0.1) is 5.82 Å². The van der Waals surface area contributed by atoms with Crippen molar-refractivity contribution in [2.24, 2.45) is 0 Å². The van der Waals surface area contributed by atoms with Gasteiger partial charge in [-0.15, -0.1) is 10.2 Å². The molecule has 1 N–H and O–H groups in total. The molecule has 1 saturated heterocycles. The van der Waals surface area contributed by atoms with Gasteiger partial charge in [-0.25, -0.2) is 4.39 Å². The molecule has 162 valence electrons. The Labute approximate surface area is 189 Å². The van der Waals surface area contributed by atoms with E-state index in [1.54, 1.807) is 29.1 Å². The van der Waals surface area contributed by atoms with Crippen LogP contribution in [0.3, 0.4) is 0 Å². The van der Waals surface area contributed by atoms with Crippen molar-refractivity contribution in [2.45, 2.75) is 23.4 Å². The number of nitrogens with zero attached hydrogens (tertiary/aromatic N) is 3. The zero-order chi connectivity index (χ0) is 21.7. The van der Waals surface area contributed by atoms with E-state index in [0.29, 0.717) is 29.9 Å². The number of rotatable bonds is 7. The number of hydrogen-bond donors (Lipinski definition) is 1. The van der Waals surface area contributed by atoms with Gasteiger partial charge in [-0.05, 0) is 48.7 Å². The van der Waals surface area contributed by atoms with Crippen molar-refractivity contribution >= 4 is 29.3 Å². The predicted molar refractivity (Wildman–Crippen MR) is 118 cm³/mol. The van der Waals surface area contributed by atoms with Gasteiger partial charge < -0.3 is 10.1 Å². The first-order valence-electron chi connectivity index (χ1n) is 9.95. The number of carbonyl (C=O) groups excluding carboxylic acids is 1. The van der Waals surface area contributed by atoms with E-state index in [1.165, 1.54) is 17.8 Å². The summed E-state index contributed by atoms with van der Waals surface area (Å²) in [5, 5.41) is 12.3. The maximum atomic E-state index is 13.8. The topological polar surface area (TPSA) is 69.0 Å². The number of aromatic nitrogens is 3. The molecule has 2 heterocycles. The van der Waals surface area contributed by atoms with E-state index in [4.69, 9.17) is 16.3 Å². The third kappa shape index (κ3) is 5.26. The van der Waals surface area contributed by atoms with Crippen LogP contribution >= 0.6 is 23.4 Å². The molecule has 4 rings (SSSR count). The molecule has 3 aromatic rings. The van der Waals surface area contributed by atoms with Crippen LogP contribution in [0.2, 0.25) is 5.02 Å². The fourth-order valence-electron chi connectivity index (χ4n) is 3.72. The summed E-state index contributed by atoms with van der Waals surface area (Å²) in [7, 11) is 0. The fourth-order valence-corrected chi connectivity index (χ4v) is 4.67. The SMILES string of the molecule is O=C(CSc1nncn1-c1cccc(Cl)c1)NCC1(c2cccc(F)c2)CCOCC1. The van der Waals surface area contributed by atoms with Crippen LogP contribution in [0.15, 0.2) is 60.0 Å². The Morgan fingerprint density at radius 2 is 2.03 bits per heavy atom. The average molecular weight is 461 g/mol. The number of amides is 1. The average Bonchev–Trinajstić information content (AvgIpc) is 3.26. The van der Waals surface area contributed by atoms with E-state index in [2.05, 4.69) is 15.5 Å². The summed E-state index contributed by atoms with van der Waals surface area (Å²) < 4.78 is 21.1. The van der Waals surface area contributed by atoms with Crippen LogP contribution in [-0.4, -0.2) is 46.2 Å². The van der Waals surface area contributed by atoms with E-state index in [-0.39, 0.29) is 22.9 Å². The summed E-state index contributed by atoms with van der Waals surface area (Å²) in [6.45, 7) is 1.61. The normalized spacial score (nSPS) is 15.5. The first kappa shape index (κ1) is 21.8. The molecule has 1 fully saturated rings. The van der Waals surface area contributed by atoms with Crippen molar-refractivity contribution in [3.8, 4) is 5.69 Å². The van der Waals surface area contributed by atoms with Crippen LogP contribution < -0.4 is 5.32 Å². The van der Waals surface area contributed by atoms with Gasteiger partial charge in [0.1, 0.15) is 12.1 Å². The second-order valence-corrected chi connectivity index (χ2v) is 8.81. The van der Waals surface area contributed by atoms with Crippen molar-refractivity contribution in [1.29, 1.82) is 0 Å². The highest BCUT2D eigenvalue weighted by molar-refractivity contribution is 7.99. The Bertz CT molecular complexity index is 1060. The van der Waals surface area contributed by atoms with E-state index >= 15 is 0 Å². The van der Waals surface area contributed by atoms with Crippen molar-refractivity contribution in [3.63, 3.8) is 0 Å². The molecule has 1 aliphatic heterocycles. The molecule has 0 aliphatic carbocycles. The Morgan fingerprint density at radius 1 is 1.23 bits per heavy atom. The number of hydrogen-bond acceptors (Lipinski definition) is 5. The van der Waals surface area contributed by atoms with Gasteiger partial charge in [-0.3, -0.25) is 9.36 Å². The Hall–Kier alpha value is -2.42. The van der Waals surface area contributed by atoms with Gasteiger partial charge in [0, 0.05) is 30.2 Å². The number of thioether (sulfide) groups is 1. The summed E-state index contributed by atoms with van der Waals surface area (Å²) in [5.74, 6) is -0.201. The zero-order valence-corrected chi connectivity index (χ0v) is 18.3. The zero-order valence-electron chi connectivity index (χ0n) is 16.8. The van der Waals surface area contributed by atoms with Crippen LogP contribution in [0.5, 0.6) is 0 Å². The van der Waals surface area contributed by atoms with Crippen molar-refractivity contribution in [1.82, 2.24) is 20.1 Å². The number of carbonyl (C=O) groups is 1. The highest BCUT2D eigenvalue weighted by atomic mass is 35.5. The molecule has 2 aromatic carbocycles. The summed E-state index contributed by atoms with van der Waals surface area (Å²) in [6.07, 6.45) is 3.05. The first-order chi connectivity index (χ1) is 15.1. The largest absolute Gasteiger partial charge is 0.381 e. The van der Waals surface area contributed by atoms with E-state index in [0.717, 1.165) is 24.1 Å². The minimum atomic E-state index is -0.332. The molecule has 0 radical (unpaired) electrons. The molecular formula is C22H22ClFN4O2S. The minimum absolute atomic E-state index is 0.118. The fraction of sp³-hybridized carbons (Fsp3) is 0.318. The lowest BCUT2D eigenvalue weighted by Crippen LogP contribution is -2.45. The highest BCUT2D eigenvalue weighted by Crippen LogP contribution is 2.34. The molecule has 0 saturated carbocycles. The maximum Gasteiger partial charge on any atom is 0.230 e. The van der Waals surface area contributed by atoms with Gasteiger partial charge >= 0.3 is 0 Å². The standard InChI is InChI=1S/C22H22ClFN4O2S/c23-17-4-2-6-19(12-17)28-15-26-27-21(28)31-13-20(29)25-14-22(7-9-30-10-8-22)16-3-1-5-18(24)11-16/h1-6,11-12,15H,7-10,13-14H2,(H,25,29). The first-order valence-corrected chi connectivity index (χ1v) is 11.3. The molecule has 1 amide bonds. The van der Waals surface area contributed by atoms with Gasteiger partial charge in [0.05, 0.1) is 11.4 Å². The molecular weight excluding hydrogens is 439 g/mol. The highest BCUT2D eigenvalue weighted by Gasteiger charge is 2.35. The molecule has 9 heteroatoms. The van der Waals surface area contributed by atoms with Crippen molar-refractivity contribution < 1.29 is 13.9 Å². The summed E-state index contributed by atoms with van der Waals surface area (Å²) >= 11 is 7.37. The van der Waals surface area contributed by atoms with E-state index in [9.17, 15) is 9.18 Å². The molecule has 0 bridgehead atoms. The number of halogens is 2. The molecule has 0 unspecified atom stereocenters. The molecule has 6 nitrogen and oxygen atoms in total. The number of ether oxygens (including phenoxy) is 1.